The first-order chi connectivity index (χ1) is 14.7. The summed E-state index contributed by atoms with van der Waals surface area (Å²) in [4.78, 5) is 35.1. The fourth-order valence-electron chi connectivity index (χ4n) is 3.54. The van der Waals surface area contributed by atoms with E-state index < -0.39 is 0 Å². The lowest BCUT2D eigenvalue weighted by atomic mass is 9.97. The molecular weight excluding hydrogens is 402 g/mol. The Labute approximate surface area is 178 Å². The first kappa shape index (κ1) is 20.3. The second-order valence-corrected chi connectivity index (χ2v) is 7.97. The van der Waals surface area contributed by atoms with E-state index in [1.807, 2.05) is 35.2 Å². The van der Waals surface area contributed by atoms with Gasteiger partial charge in [-0.25, -0.2) is 14.6 Å². The molecule has 0 bridgehead atoms. The summed E-state index contributed by atoms with van der Waals surface area (Å²) in [6.45, 7) is 3.35. The van der Waals surface area contributed by atoms with Crippen molar-refractivity contribution in [3.63, 3.8) is 0 Å². The third-order valence-electron chi connectivity index (χ3n) is 5.13. The van der Waals surface area contributed by atoms with Gasteiger partial charge in [0.2, 0.25) is 5.91 Å². The van der Waals surface area contributed by atoms with Gasteiger partial charge in [0.15, 0.2) is 5.65 Å². The summed E-state index contributed by atoms with van der Waals surface area (Å²) < 4.78 is 6.86. The minimum Gasteiger partial charge on any atom is -0.466 e. The molecule has 0 radical (unpaired) electrons. The standard InChI is InChI=1S/C21H23N5O3S/c1-2-29-21(28)15-8-10-25(11-9-15)18(27)13-30-20-17-12-24-26(19(17)22-14-23-20)16-6-4-3-5-7-16/h3-7,12,14-15H,2,8-11,13H2,1H3. The summed E-state index contributed by atoms with van der Waals surface area (Å²) in [5.41, 5.74) is 1.63. The monoisotopic (exact) mass is 425 g/mol. The topological polar surface area (TPSA) is 90.2 Å². The zero-order chi connectivity index (χ0) is 20.9. The van der Waals surface area contributed by atoms with Crippen molar-refractivity contribution in [1.29, 1.82) is 0 Å². The second-order valence-electron chi connectivity index (χ2n) is 7.00. The van der Waals surface area contributed by atoms with E-state index in [0.29, 0.717) is 38.2 Å². The quantitative estimate of drug-likeness (QED) is 0.341. The van der Waals surface area contributed by atoms with Crippen molar-refractivity contribution in [2.45, 2.75) is 24.8 Å². The lowest BCUT2D eigenvalue weighted by molar-refractivity contribution is -0.151. The van der Waals surface area contributed by atoms with Gasteiger partial charge in [0.05, 0.1) is 35.5 Å². The molecule has 0 saturated carbocycles. The van der Waals surface area contributed by atoms with Gasteiger partial charge in [0, 0.05) is 13.1 Å². The van der Waals surface area contributed by atoms with Gasteiger partial charge in [-0.1, -0.05) is 30.0 Å². The Morgan fingerprint density at radius 3 is 2.67 bits per heavy atom. The molecule has 1 aliphatic heterocycles. The largest absolute Gasteiger partial charge is 0.466 e. The number of nitrogens with zero attached hydrogens (tertiary/aromatic N) is 5. The summed E-state index contributed by atoms with van der Waals surface area (Å²) in [5, 5.41) is 6.00. The highest BCUT2D eigenvalue weighted by Gasteiger charge is 2.28. The number of benzene rings is 1. The number of para-hydroxylation sites is 1. The molecule has 1 fully saturated rings. The van der Waals surface area contributed by atoms with Crippen molar-refractivity contribution < 1.29 is 14.3 Å². The first-order valence-electron chi connectivity index (χ1n) is 9.98. The molecule has 2 aromatic heterocycles. The Morgan fingerprint density at radius 1 is 1.17 bits per heavy atom. The second kappa shape index (κ2) is 9.25. The minimum absolute atomic E-state index is 0.0459. The number of aromatic nitrogens is 4. The van der Waals surface area contributed by atoms with Crippen LogP contribution >= 0.6 is 11.8 Å². The zero-order valence-corrected chi connectivity index (χ0v) is 17.5. The average molecular weight is 426 g/mol. The zero-order valence-electron chi connectivity index (χ0n) is 16.7. The van der Waals surface area contributed by atoms with Crippen LogP contribution in [0.5, 0.6) is 0 Å². The van der Waals surface area contributed by atoms with Gasteiger partial charge in [0.1, 0.15) is 11.4 Å². The van der Waals surface area contributed by atoms with Gasteiger partial charge >= 0.3 is 5.97 Å². The molecule has 4 rings (SSSR count). The first-order valence-corrected chi connectivity index (χ1v) is 11.0. The molecule has 0 unspecified atom stereocenters. The van der Waals surface area contributed by atoms with Crippen LogP contribution in [0.1, 0.15) is 19.8 Å². The van der Waals surface area contributed by atoms with Gasteiger partial charge in [0.25, 0.3) is 0 Å². The predicted molar refractivity (Wildman–Crippen MR) is 113 cm³/mol. The summed E-state index contributed by atoms with van der Waals surface area (Å²) in [5.74, 6) is 0.0708. The summed E-state index contributed by atoms with van der Waals surface area (Å²) in [6, 6.07) is 9.77. The molecule has 1 aliphatic rings. The highest BCUT2D eigenvalue weighted by atomic mass is 32.2. The molecule has 1 saturated heterocycles. The smallest absolute Gasteiger partial charge is 0.309 e. The number of fused-ring (bicyclic) bond motifs is 1. The van der Waals surface area contributed by atoms with Gasteiger partial charge in [-0.3, -0.25) is 9.59 Å². The Bertz CT molecular complexity index is 1030. The fraction of sp³-hybridized carbons (Fsp3) is 0.381. The van der Waals surface area contributed by atoms with E-state index in [-0.39, 0.29) is 23.5 Å². The Morgan fingerprint density at radius 2 is 1.93 bits per heavy atom. The van der Waals surface area contributed by atoms with E-state index in [1.165, 1.54) is 18.1 Å². The van der Waals surface area contributed by atoms with Crippen molar-refractivity contribution in [2.24, 2.45) is 5.92 Å². The molecule has 30 heavy (non-hydrogen) atoms. The lowest BCUT2D eigenvalue weighted by Gasteiger charge is -2.30. The number of ether oxygens (including phenoxy) is 1. The number of carbonyl (C=O) groups excluding carboxylic acids is 2. The van der Waals surface area contributed by atoms with Gasteiger partial charge < -0.3 is 9.64 Å². The molecule has 0 atom stereocenters. The van der Waals surface area contributed by atoms with Crippen LogP contribution in [0.2, 0.25) is 0 Å². The molecule has 3 aromatic rings. The van der Waals surface area contributed by atoms with Crippen LogP contribution in [-0.4, -0.2) is 62.0 Å². The van der Waals surface area contributed by atoms with E-state index in [9.17, 15) is 9.59 Å². The Kier molecular flexibility index (Phi) is 6.27. The summed E-state index contributed by atoms with van der Waals surface area (Å²) in [6.07, 6.45) is 4.54. The molecule has 1 aromatic carbocycles. The van der Waals surface area contributed by atoms with Crippen molar-refractivity contribution in [2.75, 3.05) is 25.4 Å². The normalized spacial score (nSPS) is 14.8. The van der Waals surface area contributed by atoms with Crippen molar-refractivity contribution in [3.8, 4) is 5.69 Å². The summed E-state index contributed by atoms with van der Waals surface area (Å²) >= 11 is 1.39. The van der Waals surface area contributed by atoms with Crippen LogP contribution in [0.25, 0.3) is 16.7 Å². The molecule has 9 heteroatoms. The molecule has 8 nitrogen and oxygen atoms in total. The maximum Gasteiger partial charge on any atom is 0.309 e. The van der Waals surface area contributed by atoms with E-state index in [1.54, 1.807) is 17.8 Å². The molecule has 0 N–H and O–H groups in total. The molecule has 156 valence electrons. The fourth-order valence-corrected chi connectivity index (χ4v) is 4.41. The van der Waals surface area contributed by atoms with Crippen LogP contribution < -0.4 is 0 Å². The van der Waals surface area contributed by atoms with Gasteiger partial charge in [-0.15, -0.1) is 0 Å². The third-order valence-corrected chi connectivity index (χ3v) is 6.12. The van der Waals surface area contributed by atoms with Gasteiger partial charge in [-0.2, -0.15) is 5.10 Å². The number of esters is 1. The SMILES string of the molecule is CCOC(=O)C1CCN(C(=O)CSc2ncnc3c2cnn3-c2ccccc2)CC1. The van der Waals surface area contributed by atoms with Crippen molar-refractivity contribution in [3.05, 3.63) is 42.9 Å². The molecule has 3 heterocycles. The molecular formula is C21H23N5O3S. The van der Waals surface area contributed by atoms with E-state index in [4.69, 9.17) is 4.74 Å². The van der Waals surface area contributed by atoms with Crippen LogP contribution in [0.15, 0.2) is 47.9 Å². The van der Waals surface area contributed by atoms with Crippen LogP contribution in [0.3, 0.4) is 0 Å². The third kappa shape index (κ3) is 4.30. The molecule has 0 aliphatic carbocycles. The maximum absolute atomic E-state index is 12.7. The van der Waals surface area contributed by atoms with Crippen LogP contribution in [-0.2, 0) is 14.3 Å². The highest BCUT2D eigenvalue weighted by molar-refractivity contribution is 8.00. The summed E-state index contributed by atoms with van der Waals surface area (Å²) in [7, 11) is 0. The molecule has 1 amide bonds. The predicted octanol–water partition coefficient (Wildman–Crippen LogP) is 2.71. The maximum atomic E-state index is 12.7. The van der Waals surface area contributed by atoms with Crippen LogP contribution in [0, 0.1) is 5.92 Å². The number of piperidine rings is 1. The number of amides is 1. The van der Waals surface area contributed by atoms with E-state index in [0.717, 1.165) is 16.1 Å². The van der Waals surface area contributed by atoms with Crippen LogP contribution in [0.4, 0.5) is 0 Å². The number of hydrogen-bond acceptors (Lipinski definition) is 7. The Hall–Kier alpha value is -2.94. The lowest BCUT2D eigenvalue weighted by Crippen LogP contribution is -2.41. The van der Waals surface area contributed by atoms with Gasteiger partial charge in [-0.05, 0) is 31.9 Å². The average Bonchev–Trinajstić information content (AvgIpc) is 3.23. The number of hydrogen-bond donors (Lipinski definition) is 0. The number of likely N-dealkylation sites (tertiary alicyclic amines) is 1. The number of carbonyl (C=O) groups is 2. The van der Waals surface area contributed by atoms with E-state index >= 15 is 0 Å². The van der Waals surface area contributed by atoms with E-state index in [2.05, 4.69) is 15.1 Å². The minimum atomic E-state index is -0.155. The number of thioether (sulfide) groups is 1. The number of rotatable bonds is 6. The Balaban J connectivity index is 1.39. The molecule has 0 spiro atoms. The van der Waals surface area contributed by atoms with Crippen molar-refractivity contribution >= 4 is 34.7 Å². The van der Waals surface area contributed by atoms with Crippen molar-refractivity contribution in [1.82, 2.24) is 24.6 Å². The highest BCUT2D eigenvalue weighted by Crippen LogP contribution is 2.27.